The van der Waals surface area contributed by atoms with E-state index >= 15 is 0 Å². The summed E-state index contributed by atoms with van der Waals surface area (Å²) in [6, 6.07) is -0.147. The Balaban J connectivity index is 2.47. The van der Waals surface area contributed by atoms with E-state index in [9.17, 15) is 4.79 Å². The largest absolute Gasteiger partial charge is 0.368 e. The molecular weight excluding hydrogens is 248 g/mol. The molecule has 106 valence electrons. The minimum absolute atomic E-state index is 0.147. The Morgan fingerprint density at radius 3 is 2.42 bits per heavy atom. The summed E-state index contributed by atoms with van der Waals surface area (Å²) in [6.07, 6.45) is 0. The van der Waals surface area contributed by atoms with E-state index in [2.05, 4.69) is 25.6 Å². The minimum Gasteiger partial charge on any atom is -0.368 e. The van der Waals surface area contributed by atoms with E-state index in [1.807, 2.05) is 14.1 Å². The van der Waals surface area contributed by atoms with Gasteiger partial charge in [0.15, 0.2) is 0 Å². The van der Waals surface area contributed by atoms with Crippen LogP contribution < -0.4 is 21.3 Å². The highest BCUT2D eigenvalue weighted by molar-refractivity contribution is 5.73. The molecule has 0 aromatic carbocycles. The predicted octanol–water partition coefficient (Wildman–Crippen LogP) is -0.797. The first-order chi connectivity index (χ1) is 8.90. The van der Waals surface area contributed by atoms with Crippen molar-refractivity contribution in [3.63, 3.8) is 0 Å². The molecule has 19 heavy (non-hydrogen) atoms. The van der Waals surface area contributed by atoms with E-state index in [4.69, 9.17) is 5.73 Å². The van der Waals surface area contributed by atoms with Crippen molar-refractivity contribution in [2.75, 3.05) is 57.2 Å². The Morgan fingerprint density at radius 1 is 1.16 bits per heavy atom. The summed E-state index contributed by atoms with van der Waals surface area (Å²) in [5.41, 5.74) is 5.58. The fourth-order valence-electron chi connectivity index (χ4n) is 1.16. The maximum atomic E-state index is 11.3. The highest BCUT2D eigenvalue weighted by Gasteiger charge is 2.06. The fourth-order valence-corrected chi connectivity index (χ4v) is 1.16. The Kier molecular flexibility index (Phi) is 5.10. The highest BCUT2D eigenvalue weighted by atomic mass is 16.2. The molecule has 0 fully saturated rings. The molecule has 1 rings (SSSR count). The molecule has 0 saturated carbocycles. The van der Waals surface area contributed by atoms with Crippen molar-refractivity contribution in [3.8, 4) is 0 Å². The third-order valence-electron chi connectivity index (χ3n) is 2.13. The van der Waals surface area contributed by atoms with Gasteiger partial charge in [0, 0.05) is 41.3 Å². The van der Waals surface area contributed by atoms with E-state index in [1.54, 1.807) is 19.0 Å². The van der Waals surface area contributed by atoms with Gasteiger partial charge >= 0.3 is 6.03 Å². The van der Waals surface area contributed by atoms with Crippen molar-refractivity contribution in [2.45, 2.75) is 0 Å². The number of aromatic nitrogens is 3. The van der Waals surface area contributed by atoms with Gasteiger partial charge in [-0.25, -0.2) is 4.79 Å². The third-order valence-corrected chi connectivity index (χ3v) is 2.13. The summed E-state index contributed by atoms with van der Waals surface area (Å²) in [5, 5.41) is 5.69. The molecular formula is C10H20N8O. The monoisotopic (exact) mass is 268 g/mol. The number of carbonyl (C=O) groups is 1. The standard InChI is InChI=1S/C10H20N8O/c1-17(2)9-15-7(11)14-8(16-9)12-5-6-13-10(19)18(3)4/h5-6H2,1-4H3,(H,13,19)(H3,11,12,14,15,16). The number of hydrogen-bond donors (Lipinski definition) is 3. The van der Waals surface area contributed by atoms with Crippen LogP contribution in [0.4, 0.5) is 22.6 Å². The number of amides is 2. The number of nitrogens with one attached hydrogen (secondary N) is 2. The second-order valence-electron chi connectivity index (χ2n) is 4.26. The van der Waals surface area contributed by atoms with Gasteiger partial charge in [0.1, 0.15) is 0 Å². The number of nitrogens with two attached hydrogens (primary N) is 1. The van der Waals surface area contributed by atoms with Crippen molar-refractivity contribution in [2.24, 2.45) is 0 Å². The molecule has 0 radical (unpaired) electrons. The van der Waals surface area contributed by atoms with E-state index in [0.717, 1.165) is 0 Å². The molecule has 1 aromatic heterocycles. The average molecular weight is 268 g/mol. The number of rotatable bonds is 5. The summed E-state index contributed by atoms with van der Waals surface area (Å²) in [7, 11) is 6.99. The van der Waals surface area contributed by atoms with Crippen LogP contribution in [0.15, 0.2) is 0 Å². The summed E-state index contributed by atoms with van der Waals surface area (Å²) in [4.78, 5) is 26.6. The third kappa shape index (κ3) is 4.82. The molecule has 0 atom stereocenters. The van der Waals surface area contributed by atoms with Gasteiger partial charge in [-0.3, -0.25) is 0 Å². The molecule has 9 heteroatoms. The molecule has 4 N–H and O–H groups in total. The number of nitrogens with zero attached hydrogens (tertiary/aromatic N) is 5. The molecule has 0 spiro atoms. The molecule has 0 bridgehead atoms. The Morgan fingerprint density at radius 2 is 1.84 bits per heavy atom. The van der Waals surface area contributed by atoms with Crippen molar-refractivity contribution in [1.82, 2.24) is 25.2 Å². The van der Waals surface area contributed by atoms with Crippen molar-refractivity contribution >= 4 is 23.9 Å². The number of hydrogen-bond acceptors (Lipinski definition) is 7. The van der Waals surface area contributed by atoms with Gasteiger partial charge in [0.25, 0.3) is 0 Å². The lowest BCUT2D eigenvalue weighted by Crippen LogP contribution is -2.37. The zero-order valence-electron chi connectivity index (χ0n) is 11.6. The maximum absolute atomic E-state index is 11.3. The lowest BCUT2D eigenvalue weighted by molar-refractivity contribution is 0.218. The molecule has 0 saturated heterocycles. The maximum Gasteiger partial charge on any atom is 0.316 e. The molecule has 0 aliphatic carbocycles. The van der Waals surface area contributed by atoms with E-state index < -0.39 is 0 Å². The van der Waals surface area contributed by atoms with Gasteiger partial charge < -0.3 is 26.2 Å². The van der Waals surface area contributed by atoms with E-state index in [0.29, 0.717) is 25.0 Å². The van der Waals surface area contributed by atoms with Crippen LogP contribution in [-0.2, 0) is 0 Å². The second-order valence-corrected chi connectivity index (χ2v) is 4.26. The molecule has 0 unspecified atom stereocenters. The second kappa shape index (κ2) is 6.57. The topological polar surface area (TPSA) is 112 Å². The molecule has 9 nitrogen and oxygen atoms in total. The Labute approximate surface area is 112 Å². The number of urea groups is 1. The average Bonchev–Trinajstić information content (AvgIpc) is 2.33. The van der Waals surface area contributed by atoms with Crippen LogP contribution in [0.5, 0.6) is 0 Å². The molecule has 0 aliphatic heterocycles. The SMILES string of the molecule is CN(C)C(=O)NCCNc1nc(N)nc(N(C)C)n1. The van der Waals surface area contributed by atoms with Crippen molar-refractivity contribution in [1.29, 1.82) is 0 Å². The zero-order valence-corrected chi connectivity index (χ0v) is 11.6. The van der Waals surface area contributed by atoms with Crippen LogP contribution in [0.25, 0.3) is 0 Å². The van der Waals surface area contributed by atoms with Crippen LogP contribution in [0.2, 0.25) is 0 Å². The van der Waals surface area contributed by atoms with Crippen molar-refractivity contribution in [3.05, 3.63) is 0 Å². The summed E-state index contributed by atoms with van der Waals surface area (Å²) in [6.45, 7) is 0.954. The number of anilines is 3. The Hall–Kier alpha value is -2.32. The van der Waals surface area contributed by atoms with Gasteiger partial charge in [-0.15, -0.1) is 0 Å². The number of nitrogen functional groups attached to an aromatic ring is 1. The lowest BCUT2D eigenvalue weighted by Gasteiger charge is -2.13. The molecule has 1 heterocycles. The number of carbonyl (C=O) groups excluding carboxylic acids is 1. The first-order valence-corrected chi connectivity index (χ1v) is 5.78. The quantitative estimate of drug-likeness (QED) is 0.599. The van der Waals surface area contributed by atoms with Crippen LogP contribution in [0.3, 0.4) is 0 Å². The van der Waals surface area contributed by atoms with Crippen LogP contribution >= 0.6 is 0 Å². The van der Waals surface area contributed by atoms with Crippen LogP contribution in [0.1, 0.15) is 0 Å². The predicted molar refractivity (Wildman–Crippen MR) is 74.1 cm³/mol. The summed E-state index contributed by atoms with van der Waals surface area (Å²) >= 11 is 0. The molecule has 0 aliphatic rings. The van der Waals surface area contributed by atoms with Gasteiger partial charge in [0.2, 0.25) is 17.8 Å². The summed E-state index contributed by atoms with van der Waals surface area (Å²) in [5.74, 6) is 1.01. The van der Waals surface area contributed by atoms with E-state index in [1.165, 1.54) is 4.90 Å². The molecule has 2 amide bonds. The summed E-state index contributed by atoms with van der Waals surface area (Å²) < 4.78 is 0. The normalized spacial score (nSPS) is 9.89. The van der Waals surface area contributed by atoms with Gasteiger partial charge in [-0.1, -0.05) is 0 Å². The Bertz CT molecular complexity index is 434. The lowest BCUT2D eigenvalue weighted by atomic mass is 10.6. The first kappa shape index (κ1) is 14.7. The van der Waals surface area contributed by atoms with Crippen LogP contribution in [-0.4, -0.2) is 67.2 Å². The van der Waals surface area contributed by atoms with Crippen LogP contribution in [0, 0.1) is 0 Å². The van der Waals surface area contributed by atoms with Gasteiger partial charge in [0.05, 0.1) is 0 Å². The zero-order chi connectivity index (χ0) is 14.4. The van der Waals surface area contributed by atoms with Crippen molar-refractivity contribution < 1.29 is 4.79 Å². The minimum atomic E-state index is -0.147. The first-order valence-electron chi connectivity index (χ1n) is 5.78. The van der Waals surface area contributed by atoms with Gasteiger partial charge in [-0.2, -0.15) is 15.0 Å². The fraction of sp³-hybridized carbons (Fsp3) is 0.600. The molecule has 1 aromatic rings. The van der Waals surface area contributed by atoms with E-state index in [-0.39, 0.29) is 12.0 Å². The smallest absolute Gasteiger partial charge is 0.316 e. The van der Waals surface area contributed by atoms with Gasteiger partial charge in [-0.05, 0) is 0 Å². The highest BCUT2D eigenvalue weighted by Crippen LogP contribution is 2.08.